The number of amides is 1. The Kier molecular flexibility index (Phi) is 4.94. The highest BCUT2D eigenvalue weighted by atomic mass is 16.4. The minimum Gasteiger partial charge on any atom is -0.480 e. The summed E-state index contributed by atoms with van der Waals surface area (Å²) in [5, 5.41) is 21.2. The van der Waals surface area contributed by atoms with Crippen LogP contribution >= 0.6 is 0 Å². The molecule has 0 aliphatic carbocycles. The van der Waals surface area contributed by atoms with Crippen LogP contribution < -0.4 is 5.32 Å². The monoisotopic (exact) mass is 290 g/mol. The van der Waals surface area contributed by atoms with Crippen LogP contribution in [0, 0.1) is 0 Å². The summed E-state index contributed by atoms with van der Waals surface area (Å²) < 4.78 is 0. The third-order valence-electron chi connectivity index (χ3n) is 3.35. The number of para-hydroxylation sites is 1. The summed E-state index contributed by atoms with van der Waals surface area (Å²) in [7, 11) is 0. The number of carbonyl (C=O) groups is 2. The molecule has 0 aliphatic rings. The highest BCUT2D eigenvalue weighted by Gasteiger charge is 2.19. The Morgan fingerprint density at radius 2 is 2.05 bits per heavy atom. The fraction of sp³-hybridized carbons (Fsp3) is 0.333. The Bertz CT molecular complexity index is 635. The van der Waals surface area contributed by atoms with Gasteiger partial charge in [-0.15, -0.1) is 0 Å². The molecule has 0 bridgehead atoms. The van der Waals surface area contributed by atoms with Crippen molar-refractivity contribution >= 4 is 22.8 Å². The molecule has 0 unspecified atom stereocenters. The lowest BCUT2D eigenvalue weighted by atomic mass is 10.1. The normalized spacial score (nSPS) is 12.2. The molecule has 2 rings (SSSR count). The van der Waals surface area contributed by atoms with Crippen LogP contribution in [0.4, 0.5) is 0 Å². The van der Waals surface area contributed by atoms with Crippen molar-refractivity contribution in [3.05, 3.63) is 36.0 Å². The van der Waals surface area contributed by atoms with E-state index in [9.17, 15) is 9.59 Å². The number of aliphatic carboxylic acids is 1. The molecule has 1 amide bonds. The van der Waals surface area contributed by atoms with Crippen LogP contribution in [0.2, 0.25) is 0 Å². The number of H-pyrrole nitrogens is 1. The first-order chi connectivity index (χ1) is 10.1. The van der Waals surface area contributed by atoms with Crippen molar-refractivity contribution in [1.82, 2.24) is 10.3 Å². The molecule has 0 radical (unpaired) electrons. The summed E-state index contributed by atoms with van der Waals surface area (Å²) in [6.07, 6.45) is 2.60. The van der Waals surface area contributed by atoms with Gasteiger partial charge < -0.3 is 20.5 Å². The number of carboxylic acids is 1. The fourth-order valence-corrected chi connectivity index (χ4v) is 2.24. The summed E-state index contributed by atoms with van der Waals surface area (Å²) in [5.74, 6) is -1.47. The van der Waals surface area contributed by atoms with Gasteiger partial charge in [0.15, 0.2) is 0 Å². The number of aliphatic hydroxyl groups excluding tert-OH is 1. The number of benzene rings is 1. The Labute approximate surface area is 121 Å². The number of fused-ring (bicyclic) bond motifs is 1. The minimum absolute atomic E-state index is 0.00809. The SMILES string of the molecule is O=C(CCc1c[nH]c2ccccc12)N[C@@H](CCO)C(=O)O. The van der Waals surface area contributed by atoms with E-state index in [-0.39, 0.29) is 25.4 Å². The van der Waals surface area contributed by atoms with Crippen LogP contribution in [0.5, 0.6) is 0 Å². The zero-order chi connectivity index (χ0) is 15.2. The van der Waals surface area contributed by atoms with Gasteiger partial charge in [0.25, 0.3) is 0 Å². The van der Waals surface area contributed by atoms with Crippen molar-refractivity contribution in [2.24, 2.45) is 0 Å². The molecule has 1 heterocycles. The number of carbonyl (C=O) groups excluding carboxylic acids is 1. The van der Waals surface area contributed by atoms with Gasteiger partial charge in [0.05, 0.1) is 0 Å². The number of hydrogen-bond acceptors (Lipinski definition) is 3. The van der Waals surface area contributed by atoms with Crippen molar-refractivity contribution in [3.63, 3.8) is 0 Å². The highest BCUT2D eigenvalue weighted by Crippen LogP contribution is 2.18. The predicted octanol–water partition coefficient (Wildman–Crippen LogP) is 1.05. The molecule has 0 saturated carbocycles. The summed E-state index contributed by atoms with van der Waals surface area (Å²) in [4.78, 5) is 25.8. The molecule has 21 heavy (non-hydrogen) atoms. The average molecular weight is 290 g/mol. The van der Waals surface area contributed by atoms with E-state index in [2.05, 4.69) is 10.3 Å². The van der Waals surface area contributed by atoms with E-state index in [4.69, 9.17) is 10.2 Å². The first-order valence-corrected chi connectivity index (χ1v) is 6.80. The van der Waals surface area contributed by atoms with Crippen LogP contribution in [0.1, 0.15) is 18.4 Å². The average Bonchev–Trinajstić information content (AvgIpc) is 2.88. The lowest BCUT2D eigenvalue weighted by Crippen LogP contribution is -2.41. The summed E-state index contributed by atoms with van der Waals surface area (Å²) in [6, 6.07) is 6.76. The lowest BCUT2D eigenvalue weighted by molar-refractivity contribution is -0.142. The molecule has 112 valence electrons. The molecule has 1 aromatic carbocycles. The van der Waals surface area contributed by atoms with E-state index in [0.29, 0.717) is 6.42 Å². The van der Waals surface area contributed by atoms with Crippen molar-refractivity contribution in [1.29, 1.82) is 0 Å². The fourth-order valence-electron chi connectivity index (χ4n) is 2.24. The first-order valence-electron chi connectivity index (χ1n) is 6.80. The summed E-state index contributed by atoms with van der Waals surface area (Å²) >= 11 is 0. The Morgan fingerprint density at radius 1 is 1.29 bits per heavy atom. The van der Waals surface area contributed by atoms with Crippen LogP contribution in [0.15, 0.2) is 30.5 Å². The summed E-state index contributed by atoms with van der Waals surface area (Å²) in [5.41, 5.74) is 2.03. The molecule has 0 saturated heterocycles. The highest BCUT2D eigenvalue weighted by molar-refractivity contribution is 5.85. The van der Waals surface area contributed by atoms with E-state index in [1.54, 1.807) is 0 Å². The molecular weight excluding hydrogens is 272 g/mol. The number of rotatable bonds is 7. The smallest absolute Gasteiger partial charge is 0.326 e. The zero-order valence-corrected chi connectivity index (χ0v) is 11.5. The standard InChI is InChI=1S/C15H18N2O4/c18-8-7-13(15(20)21)17-14(19)6-5-10-9-16-12-4-2-1-3-11(10)12/h1-4,9,13,16,18H,5-8H2,(H,17,19)(H,20,21)/t13-/m0/s1. The number of nitrogens with one attached hydrogen (secondary N) is 2. The third-order valence-corrected chi connectivity index (χ3v) is 3.35. The lowest BCUT2D eigenvalue weighted by Gasteiger charge is -2.12. The topological polar surface area (TPSA) is 102 Å². The quantitative estimate of drug-likeness (QED) is 0.612. The maximum Gasteiger partial charge on any atom is 0.326 e. The maximum atomic E-state index is 11.8. The van der Waals surface area contributed by atoms with E-state index in [1.165, 1.54) is 0 Å². The van der Waals surface area contributed by atoms with E-state index < -0.39 is 12.0 Å². The van der Waals surface area contributed by atoms with Gasteiger partial charge in [0, 0.05) is 36.5 Å². The minimum atomic E-state index is -1.13. The Hall–Kier alpha value is -2.34. The molecule has 1 aromatic heterocycles. The molecule has 0 spiro atoms. The van der Waals surface area contributed by atoms with Crippen molar-refractivity contribution < 1.29 is 19.8 Å². The van der Waals surface area contributed by atoms with Gasteiger partial charge in [-0.05, 0) is 18.1 Å². The Balaban J connectivity index is 1.93. The molecule has 2 aromatic rings. The number of aliphatic hydroxyl groups is 1. The molecule has 0 fully saturated rings. The van der Waals surface area contributed by atoms with Gasteiger partial charge >= 0.3 is 5.97 Å². The van der Waals surface area contributed by atoms with E-state index >= 15 is 0 Å². The van der Waals surface area contributed by atoms with Gasteiger partial charge in [-0.2, -0.15) is 0 Å². The number of aromatic nitrogens is 1. The number of carboxylic acid groups (broad SMARTS) is 1. The number of aryl methyl sites for hydroxylation is 1. The molecule has 1 atom stereocenters. The van der Waals surface area contributed by atoms with Crippen LogP contribution in [0.25, 0.3) is 10.9 Å². The van der Waals surface area contributed by atoms with Crippen molar-refractivity contribution in [2.75, 3.05) is 6.61 Å². The van der Waals surface area contributed by atoms with Gasteiger partial charge in [-0.1, -0.05) is 18.2 Å². The predicted molar refractivity (Wildman–Crippen MR) is 77.9 cm³/mol. The van der Waals surface area contributed by atoms with Gasteiger partial charge in [0.1, 0.15) is 6.04 Å². The summed E-state index contributed by atoms with van der Waals surface area (Å²) in [6.45, 7) is -0.278. The van der Waals surface area contributed by atoms with Crippen molar-refractivity contribution in [2.45, 2.75) is 25.3 Å². The largest absolute Gasteiger partial charge is 0.480 e. The van der Waals surface area contributed by atoms with E-state index in [1.807, 2.05) is 30.5 Å². The van der Waals surface area contributed by atoms with Gasteiger partial charge in [-0.25, -0.2) is 4.79 Å². The van der Waals surface area contributed by atoms with Crippen LogP contribution in [0.3, 0.4) is 0 Å². The van der Waals surface area contributed by atoms with E-state index in [0.717, 1.165) is 16.5 Å². The van der Waals surface area contributed by atoms with Crippen molar-refractivity contribution in [3.8, 4) is 0 Å². The molecule has 6 nitrogen and oxygen atoms in total. The molecule has 6 heteroatoms. The molecular formula is C15H18N2O4. The van der Waals surface area contributed by atoms with Gasteiger partial charge in [0.2, 0.25) is 5.91 Å². The maximum absolute atomic E-state index is 11.8. The number of hydrogen-bond donors (Lipinski definition) is 4. The second kappa shape index (κ2) is 6.90. The second-order valence-electron chi connectivity index (χ2n) is 4.83. The number of aromatic amines is 1. The first kappa shape index (κ1) is 15.1. The second-order valence-corrected chi connectivity index (χ2v) is 4.83. The van der Waals surface area contributed by atoms with Crippen LogP contribution in [-0.4, -0.2) is 39.7 Å². The Morgan fingerprint density at radius 3 is 2.76 bits per heavy atom. The van der Waals surface area contributed by atoms with Crippen LogP contribution in [-0.2, 0) is 16.0 Å². The zero-order valence-electron chi connectivity index (χ0n) is 11.5. The van der Waals surface area contributed by atoms with Gasteiger partial charge in [-0.3, -0.25) is 4.79 Å². The third kappa shape index (κ3) is 3.82. The molecule has 4 N–H and O–H groups in total. The molecule has 0 aliphatic heterocycles.